The molecule has 1 atom stereocenters. The van der Waals surface area contributed by atoms with Crippen LogP contribution in [0, 0.1) is 13.8 Å². The molecule has 0 saturated carbocycles. The maximum atomic E-state index is 13.9. The SMILES string of the molecule is Cc1ccc(N(CC(=O)N(Cc2cccc(Cl)c2)[C@@H](C)C(=O)NC(C)C)S(=O)(=O)c2ccc(Cl)cc2)cc1C. The zero-order valence-corrected chi connectivity index (χ0v) is 24.9. The maximum absolute atomic E-state index is 13.9. The summed E-state index contributed by atoms with van der Waals surface area (Å²) in [7, 11) is -4.17. The average Bonchev–Trinajstić information content (AvgIpc) is 2.87. The molecule has 0 saturated heterocycles. The fourth-order valence-corrected chi connectivity index (χ4v) is 5.71. The summed E-state index contributed by atoms with van der Waals surface area (Å²) in [6.45, 7) is 8.61. The van der Waals surface area contributed by atoms with Gasteiger partial charge in [0.05, 0.1) is 10.6 Å². The van der Waals surface area contributed by atoms with E-state index in [1.54, 1.807) is 43.3 Å². The van der Waals surface area contributed by atoms with Gasteiger partial charge in [-0.2, -0.15) is 0 Å². The lowest BCUT2D eigenvalue weighted by atomic mass is 10.1. The highest BCUT2D eigenvalue weighted by molar-refractivity contribution is 7.92. The van der Waals surface area contributed by atoms with E-state index in [1.807, 2.05) is 33.8 Å². The van der Waals surface area contributed by atoms with Crippen LogP contribution in [0.5, 0.6) is 0 Å². The Balaban J connectivity index is 2.06. The summed E-state index contributed by atoms with van der Waals surface area (Å²) in [4.78, 5) is 28.2. The normalized spacial score (nSPS) is 12.2. The second kappa shape index (κ2) is 12.9. The van der Waals surface area contributed by atoms with Crippen molar-refractivity contribution in [3.8, 4) is 0 Å². The lowest BCUT2D eigenvalue weighted by Gasteiger charge is -2.32. The zero-order chi connectivity index (χ0) is 28.9. The Morgan fingerprint density at radius 1 is 0.872 bits per heavy atom. The first kappa shape index (κ1) is 30.5. The molecule has 0 spiro atoms. The van der Waals surface area contributed by atoms with Gasteiger partial charge in [-0.3, -0.25) is 13.9 Å². The monoisotopic (exact) mass is 589 g/mol. The molecule has 1 N–H and O–H groups in total. The van der Waals surface area contributed by atoms with E-state index in [2.05, 4.69) is 5.32 Å². The molecule has 2 amide bonds. The number of nitrogens with one attached hydrogen (secondary N) is 1. The molecule has 3 aromatic rings. The predicted octanol–water partition coefficient (Wildman–Crippen LogP) is 5.75. The number of anilines is 1. The third kappa shape index (κ3) is 7.75. The van der Waals surface area contributed by atoms with Gasteiger partial charge in [0.15, 0.2) is 0 Å². The largest absolute Gasteiger partial charge is 0.352 e. The van der Waals surface area contributed by atoms with Gasteiger partial charge < -0.3 is 10.2 Å². The quantitative estimate of drug-likeness (QED) is 0.326. The van der Waals surface area contributed by atoms with E-state index < -0.39 is 28.5 Å². The Labute approximate surface area is 240 Å². The van der Waals surface area contributed by atoms with Gasteiger partial charge >= 0.3 is 0 Å². The van der Waals surface area contributed by atoms with Gasteiger partial charge in [0.2, 0.25) is 11.8 Å². The van der Waals surface area contributed by atoms with E-state index in [1.165, 1.54) is 29.2 Å². The van der Waals surface area contributed by atoms with Crippen molar-refractivity contribution in [3.63, 3.8) is 0 Å². The van der Waals surface area contributed by atoms with Gasteiger partial charge in [-0.1, -0.05) is 41.4 Å². The molecule has 7 nitrogen and oxygen atoms in total. The highest BCUT2D eigenvalue weighted by atomic mass is 35.5. The molecule has 0 aliphatic rings. The fourth-order valence-electron chi connectivity index (χ4n) is 3.96. The molecule has 3 rings (SSSR count). The number of aryl methyl sites for hydroxylation is 2. The summed E-state index contributed by atoms with van der Waals surface area (Å²) < 4.78 is 28.8. The van der Waals surface area contributed by atoms with Crippen LogP contribution in [0.2, 0.25) is 10.0 Å². The first-order valence-electron chi connectivity index (χ1n) is 12.5. The lowest BCUT2D eigenvalue weighted by Crippen LogP contribution is -2.52. The number of benzene rings is 3. The highest BCUT2D eigenvalue weighted by Crippen LogP contribution is 2.27. The maximum Gasteiger partial charge on any atom is 0.264 e. The van der Waals surface area contributed by atoms with Gasteiger partial charge in [0, 0.05) is 22.6 Å². The van der Waals surface area contributed by atoms with E-state index in [9.17, 15) is 18.0 Å². The Bertz CT molecular complexity index is 1440. The number of halogens is 2. The molecule has 10 heteroatoms. The van der Waals surface area contributed by atoms with Crippen molar-refractivity contribution in [2.24, 2.45) is 0 Å². The second-order valence-electron chi connectivity index (χ2n) is 9.72. The Hall–Kier alpha value is -3.07. The summed E-state index contributed by atoms with van der Waals surface area (Å²) >= 11 is 12.2. The Kier molecular flexibility index (Phi) is 10.0. The standard InChI is InChI=1S/C29H33Cl2N3O4S/c1-19(2)32-29(36)22(5)33(17-23-7-6-8-25(31)16-23)28(35)18-34(26-12-9-20(3)21(4)15-26)39(37,38)27-13-10-24(30)11-14-27/h6-16,19,22H,17-18H2,1-5H3,(H,32,36)/t22-/m0/s1. The summed E-state index contributed by atoms with van der Waals surface area (Å²) in [6, 6.07) is 16.9. The summed E-state index contributed by atoms with van der Waals surface area (Å²) in [5.74, 6) is -0.893. The third-order valence-corrected chi connectivity index (χ3v) is 8.57. The van der Waals surface area contributed by atoms with Crippen LogP contribution >= 0.6 is 23.2 Å². The second-order valence-corrected chi connectivity index (χ2v) is 12.5. The smallest absolute Gasteiger partial charge is 0.264 e. The Morgan fingerprint density at radius 3 is 2.13 bits per heavy atom. The zero-order valence-electron chi connectivity index (χ0n) is 22.6. The van der Waals surface area contributed by atoms with Crippen LogP contribution < -0.4 is 9.62 Å². The van der Waals surface area contributed by atoms with Crippen molar-refractivity contribution in [1.82, 2.24) is 10.2 Å². The minimum atomic E-state index is -4.17. The molecule has 39 heavy (non-hydrogen) atoms. The van der Waals surface area contributed by atoms with Gasteiger partial charge in [-0.15, -0.1) is 0 Å². The minimum Gasteiger partial charge on any atom is -0.352 e. The first-order valence-corrected chi connectivity index (χ1v) is 14.7. The molecule has 0 aliphatic carbocycles. The number of rotatable bonds is 10. The molecule has 208 valence electrons. The molecular formula is C29H33Cl2N3O4S. The van der Waals surface area contributed by atoms with Crippen LogP contribution in [0.3, 0.4) is 0 Å². The van der Waals surface area contributed by atoms with Gasteiger partial charge in [-0.05, 0) is 99.8 Å². The van der Waals surface area contributed by atoms with Crippen molar-refractivity contribution in [1.29, 1.82) is 0 Å². The minimum absolute atomic E-state index is 0.00933. The van der Waals surface area contributed by atoms with Crippen molar-refractivity contribution in [3.05, 3.63) is 93.5 Å². The molecule has 0 unspecified atom stereocenters. The third-order valence-electron chi connectivity index (χ3n) is 6.30. The molecule has 0 aliphatic heterocycles. The summed E-state index contributed by atoms with van der Waals surface area (Å²) in [5.41, 5.74) is 2.90. The molecule has 0 bridgehead atoms. The first-order chi connectivity index (χ1) is 18.3. The summed E-state index contributed by atoms with van der Waals surface area (Å²) in [6.07, 6.45) is 0. The molecule has 0 radical (unpaired) electrons. The summed E-state index contributed by atoms with van der Waals surface area (Å²) in [5, 5.41) is 3.71. The highest BCUT2D eigenvalue weighted by Gasteiger charge is 2.32. The van der Waals surface area contributed by atoms with Crippen molar-refractivity contribution in [2.45, 2.75) is 58.1 Å². The topological polar surface area (TPSA) is 86.8 Å². The fraction of sp³-hybridized carbons (Fsp3) is 0.310. The van der Waals surface area contributed by atoms with E-state index in [4.69, 9.17) is 23.2 Å². The molecule has 0 heterocycles. The van der Waals surface area contributed by atoms with Crippen LogP contribution in [-0.4, -0.2) is 43.8 Å². The van der Waals surface area contributed by atoms with Crippen LogP contribution in [0.25, 0.3) is 0 Å². The molecular weight excluding hydrogens is 557 g/mol. The van der Waals surface area contributed by atoms with E-state index in [0.29, 0.717) is 21.3 Å². The van der Waals surface area contributed by atoms with Gasteiger partial charge in [0.25, 0.3) is 10.0 Å². The molecule has 3 aromatic carbocycles. The number of carbonyl (C=O) groups is 2. The van der Waals surface area contributed by atoms with Gasteiger partial charge in [-0.25, -0.2) is 8.42 Å². The van der Waals surface area contributed by atoms with Crippen LogP contribution in [0.4, 0.5) is 5.69 Å². The van der Waals surface area contributed by atoms with Crippen LogP contribution in [0.1, 0.15) is 37.5 Å². The number of hydrogen-bond donors (Lipinski definition) is 1. The molecule has 0 fully saturated rings. The Morgan fingerprint density at radius 2 is 1.54 bits per heavy atom. The molecule has 0 aromatic heterocycles. The number of sulfonamides is 1. The predicted molar refractivity (Wildman–Crippen MR) is 157 cm³/mol. The van der Waals surface area contributed by atoms with Crippen molar-refractivity contribution < 1.29 is 18.0 Å². The number of carbonyl (C=O) groups excluding carboxylic acids is 2. The number of amides is 2. The van der Waals surface area contributed by atoms with E-state index >= 15 is 0 Å². The van der Waals surface area contributed by atoms with Crippen LogP contribution in [0.15, 0.2) is 71.6 Å². The lowest BCUT2D eigenvalue weighted by molar-refractivity contribution is -0.139. The van der Waals surface area contributed by atoms with Crippen molar-refractivity contribution >= 4 is 50.7 Å². The van der Waals surface area contributed by atoms with Crippen LogP contribution in [-0.2, 0) is 26.2 Å². The number of nitrogens with zero attached hydrogens (tertiary/aromatic N) is 2. The van der Waals surface area contributed by atoms with E-state index in [0.717, 1.165) is 15.4 Å². The van der Waals surface area contributed by atoms with Crippen molar-refractivity contribution in [2.75, 3.05) is 10.8 Å². The number of hydrogen-bond acceptors (Lipinski definition) is 4. The van der Waals surface area contributed by atoms with Gasteiger partial charge in [0.1, 0.15) is 12.6 Å². The average molecular weight is 591 g/mol. The van der Waals surface area contributed by atoms with E-state index in [-0.39, 0.29) is 23.4 Å².